The topological polar surface area (TPSA) is 99.1 Å². The van der Waals surface area contributed by atoms with Gasteiger partial charge < -0.3 is 23.8 Å². The minimum absolute atomic E-state index is 0.0523. The molecule has 0 rings (SSSR count). The summed E-state index contributed by atoms with van der Waals surface area (Å²) in [6.07, 6.45) is 53.1. The fourth-order valence-electron chi connectivity index (χ4n) is 7.38. The molecule has 0 aromatic rings. The number of rotatable bonds is 45. The lowest BCUT2D eigenvalue weighted by Gasteiger charge is -2.31. The van der Waals surface area contributed by atoms with Crippen molar-refractivity contribution in [1.82, 2.24) is 0 Å². The number of allylic oxidation sites excluding steroid dienone is 8. The van der Waals surface area contributed by atoms with Crippen molar-refractivity contribution < 1.29 is 38.2 Å². The van der Waals surface area contributed by atoms with Crippen molar-refractivity contribution in [3.63, 3.8) is 0 Å². The number of carbonyl (C=O) groups excluding carboxylic acids is 2. The monoisotopic (exact) mass is 859 g/mol. The molecule has 0 saturated carbocycles. The largest absolute Gasteiger partial charge is 0.477 e. The van der Waals surface area contributed by atoms with E-state index in [1.807, 2.05) is 21.1 Å². The molecule has 0 fully saturated rings. The van der Waals surface area contributed by atoms with Gasteiger partial charge in [0.2, 0.25) is 0 Å². The summed E-state index contributed by atoms with van der Waals surface area (Å²) in [6.45, 7) is 4.62. The number of likely N-dealkylation sites (N-methyl/N-ethyl adjacent to an activating group) is 1. The molecule has 354 valence electrons. The predicted octanol–water partition coefficient (Wildman–Crippen LogP) is 14.4. The van der Waals surface area contributed by atoms with E-state index in [4.69, 9.17) is 14.2 Å². The summed E-state index contributed by atoms with van der Waals surface area (Å²) in [5.41, 5.74) is 0. The van der Waals surface area contributed by atoms with Gasteiger partial charge >= 0.3 is 17.9 Å². The van der Waals surface area contributed by atoms with Crippen LogP contribution in [0.4, 0.5) is 0 Å². The van der Waals surface area contributed by atoms with Crippen LogP contribution in [0, 0.1) is 0 Å². The summed E-state index contributed by atoms with van der Waals surface area (Å²) in [7, 11) is 5.53. The molecule has 0 spiro atoms. The van der Waals surface area contributed by atoms with Crippen molar-refractivity contribution in [3.8, 4) is 0 Å². The predicted molar refractivity (Wildman–Crippen MR) is 257 cm³/mol. The van der Waals surface area contributed by atoms with Crippen LogP contribution >= 0.6 is 0 Å². The van der Waals surface area contributed by atoms with Gasteiger partial charge in [0.05, 0.1) is 34.4 Å². The highest BCUT2D eigenvalue weighted by molar-refractivity contribution is 5.72. The van der Waals surface area contributed by atoms with Crippen molar-refractivity contribution in [3.05, 3.63) is 48.6 Å². The van der Waals surface area contributed by atoms with Crippen molar-refractivity contribution in [2.75, 3.05) is 41.0 Å². The average Bonchev–Trinajstić information content (AvgIpc) is 3.22. The second-order valence-electron chi connectivity index (χ2n) is 18.1. The molecule has 2 unspecified atom stereocenters. The van der Waals surface area contributed by atoms with Crippen LogP contribution in [0.1, 0.15) is 219 Å². The Bertz CT molecular complexity index is 1140. The van der Waals surface area contributed by atoms with E-state index in [1.165, 1.54) is 116 Å². The number of quaternary nitrogens is 1. The Morgan fingerprint density at radius 3 is 1.36 bits per heavy atom. The molecule has 0 aromatic carbocycles. The van der Waals surface area contributed by atoms with Gasteiger partial charge in [0.1, 0.15) is 6.61 Å². The zero-order chi connectivity index (χ0) is 44.9. The van der Waals surface area contributed by atoms with Gasteiger partial charge in [0.25, 0.3) is 0 Å². The Kier molecular flexibility index (Phi) is 42.0. The highest BCUT2D eigenvalue weighted by Gasteiger charge is 2.31. The van der Waals surface area contributed by atoms with E-state index in [-0.39, 0.29) is 36.2 Å². The van der Waals surface area contributed by atoms with Crippen molar-refractivity contribution in [2.45, 2.75) is 231 Å². The van der Waals surface area contributed by atoms with E-state index in [9.17, 15) is 19.5 Å². The second kappa shape index (κ2) is 43.9. The molecule has 2 atom stereocenters. The summed E-state index contributed by atoms with van der Waals surface area (Å²) < 4.78 is 17.3. The van der Waals surface area contributed by atoms with E-state index in [2.05, 4.69) is 62.5 Å². The summed E-state index contributed by atoms with van der Waals surface area (Å²) in [4.78, 5) is 37.1. The fraction of sp³-hybridized carbons (Fsp3) is 0.792. The number of carboxylic acids is 1. The molecule has 0 amide bonds. The maximum Gasteiger partial charge on any atom is 0.362 e. The van der Waals surface area contributed by atoms with Crippen molar-refractivity contribution in [1.29, 1.82) is 0 Å². The first kappa shape index (κ1) is 58.3. The average molecular weight is 859 g/mol. The summed E-state index contributed by atoms with van der Waals surface area (Å²) >= 11 is 0. The maximum absolute atomic E-state index is 12.8. The first-order chi connectivity index (χ1) is 29.6. The van der Waals surface area contributed by atoms with Crippen LogP contribution in [0.3, 0.4) is 0 Å². The Morgan fingerprint density at radius 1 is 0.508 bits per heavy atom. The molecule has 0 aliphatic rings. The molecular weight excluding hydrogens is 763 g/mol. The van der Waals surface area contributed by atoms with Gasteiger partial charge in [-0.2, -0.15) is 0 Å². The summed E-state index contributed by atoms with van der Waals surface area (Å²) in [5.74, 6) is -1.50. The molecule has 61 heavy (non-hydrogen) atoms. The zero-order valence-corrected chi connectivity index (χ0v) is 40.4. The van der Waals surface area contributed by atoms with E-state index in [1.54, 1.807) is 0 Å². The maximum atomic E-state index is 12.8. The Balaban J connectivity index is 4.26. The molecule has 0 aliphatic heterocycles. The lowest BCUT2D eigenvalue weighted by molar-refractivity contribution is -0.887. The second-order valence-corrected chi connectivity index (χ2v) is 18.1. The lowest BCUT2D eigenvalue weighted by Crippen LogP contribution is -2.50. The highest BCUT2D eigenvalue weighted by atomic mass is 16.6. The molecule has 8 heteroatoms. The zero-order valence-electron chi connectivity index (χ0n) is 40.4. The van der Waals surface area contributed by atoms with Crippen LogP contribution in [0.15, 0.2) is 48.6 Å². The van der Waals surface area contributed by atoms with Crippen LogP contribution in [0.25, 0.3) is 0 Å². The standard InChI is InChI=1S/C53H95NO7/c1-6-8-10-12-14-16-18-20-22-24-25-26-27-28-30-32-34-36-38-40-42-44-52(56)61-49(47-59-46-45-50(53(57)58)54(3,4)5)48-60-51(55)43-41-39-37-35-33-31-29-23-21-19-17-15-13-11-9-7-2/h9,11,15,17,21,23,31,33,49-50H,6-8,10,12-14,16,18-20,22,24-30,32,34-48H2,1-5H3/p+1/b11-9+,17-15+,23-21+,33-31+. The minimum atomic E-state index is -0.878. The van der Waals surface area contributed by atoms with Crippen LogP contribution in [-0.2, 0) is 28.6 Å². The van der Waals surface area contributed by atoms with E-state index in [0.29, 0.717) is 19.3 Å². The number of hydrogen-bond acceptors (Lipinski definition) is 6. The van der Waals surface area contributed by atoms with Gasteiger partial charge in [0.15, 0.2) is 12.1 Å². The quantitative estimate of drug-likeness (QED) is 0.0282. The number of nitrogens with zero attached hydrogens (tertiary/aromatic N) is 1. The number of carbonyl (C=O) groups is 3. The molecular formula is C53H96NO7+. The van der Waals surface area contributed by atoms with E-state index in [0.717, 1.165) is 70.6 Å². The van der Waals surface area contributed by atoms with E-state index < -0.39 is 18.1 Å². The number of esters is 2. The third-order valence-electron chi connectivity index (χ3n) is 11.2. The van der Waals surface area contributed by atoms with Gasteiger partial charge in [-0.25, -0.2) is 4.79 Å². The molecule has 0 radical (unpaired) electrons. The number of hydrogen-bond donors (Lipinski definition) is 1. The van der Waals surface area contributed by atoms with Gasteiger partial charge in [-0.15, -0.1) is 0 Å². The SMILES string of the molecule is CC/C=C/C/C=C/C/C=C/C/C=C/CCCCCC(=O)OCC(COCCC(C(=O)O)[N+](C)(C)C)OC(=O)CCCCCCCCCCCCCCCCCCCCCCC. The Labute approximate surface area is 376 Å². The third-order valence-corrected chi connectivity index (χ3v) is 11.2. The molecule has 0 aliphatic carbocycles. The van der Waals surface area contributed by atoms with Gasteiger partial charge in [-0.05, 0) is 51.4 Å². The third kappa shape index (κ3) is 42.4. The molecule has 0 saturated heterocycles. The number of ether oxygens (including phenoxy) is 3. The van der Waals surface area contributed by atoms with Gasteiger partial charge in [0, 0.05) is 19.3 Å². The molecule has 0 heterocycles. The van der Waals surface area contributed by atoms with Gasteiger partial charge in [-0.1, -0.05) is 197 Å². The minimum Gasteiger partial charge on any atom is -0.477 e. The first-order valence-electron chi connectivity index (χ1n) is 25.2. The highest BCUT2D eigenvalue weighted by Crippen LogP contribution is 2.16. The normalized spacial score (nSPS) is 13.3. The van der Waals surface area contributed by atoms with Crippen molar-refractivity contribution in [2.24, 2.45) is 0 Å². The number of unbranched alkanes of at least 4 members (excludes halogenated alkanes) is 23. The molecule has 1 N–H and O–H groups in total. The van der Waals surface area contributed by atoms with Crippen LogP contribution < -0.4 is 0 Å². The Hall–Kier alpha value is -2.71. The Morgan fingerprint density at radius 2 is 0.918 bits per heavy atom. The molecule has 8 nitrogen and oxygen atoms in total. The van der Waals surface area contributed by atoms with Crippen LogP contribution in [-0.4, -0.2) is 80.6 Å². The van der Waals surface area contributed by atoms with Crippen LogP contribution in [0.2, 0.25) is 0 Å². The van der Waals surface area contributed by atoms with E-state index >= 15 is 0 Å². The summed E-state index contributed by atoms with van der Waals surface area (Å²) in [5, 5.41) is 9.65. The summed E-state index contributed by atoms with van der Waals surface area (Å²) in [6, 6.07) is -0.620. The first-order valence-corrected chi connectivity index (χ1v) is 25.2. The van der Waals surface area contributed by atoms with Gasteiger partial charge in [-0.3, -0.25) is 9.59 Å². The molecule has 0 bridgehead atoms. The van der Waals surface area contributed by atoms with Crippen LogP contribution in [0.5, 0.6) is 0 Å². The lowest BCUT2D eigenvalue weighted by atomic mass is 10.0. The fourth-order valence-corrected chi connectivity index (χ4v) is 7.38. The number of aliphatic carboxylic acids is 1. The van der Waals surface area contributed by atoms with Crippen molar-refractivity contribution >= 4 is 17.9 Å². The number of carboxylic acid groups (broad SMARTS) is 1. The smallest absolute Gasteiger partial charge is 0.362 e. The molecule has 0 aromatic heterocycles.